The van der Waals surface area contributed by atoms with Crippen LogP contribution in [0, 0.1) is 0 Å². The molecule has 4 N–H and O–H groups in total. The van der Waals surface area contributed by atoms with Gasteiger partial charge in [0.05, 0.1) is 12.2 Å². The van der Waals surface area contributed by atoms with E-state index in [1.807, 2.05) is 0 Å². The third kappa shape index (κ3) is 7.50. The van der Waals surface area contributed by atoms with E-state index in [1.54, 1.807) is 0 Å². The SMILES string of the molecule is S=C(NCc1ccc(CNC(=S)NC[C@@H]2CCCO2)cc1)NC[C@@H]1CCCO1. The van der Waals surface area contributed by atoms with Crippen molar-refractivity contribution in [2.45, 2.75) is 51.0 Å². The molecule has 1 aromatic carbocycles. The van der Waals surface area contributed by atoms with Crippen molar-refractivity contribution in [1.82, 2.24) is 21.3 Å². The molecule has 0 bridgehead atoms. The number of hydrogen-bond acceptors (Lipinski definition) is 4. The number of ether oxygens (including phenoxy) is 2. The molecule has 0 spiro atoms. The van der Waals surface area contributed by atoms with Crippen LogP contribution in [0.25, 0.3) is 0 Å². The van der Waals surface area contributed by atoms with Gasteiger partial charge in [-0.2, -0.15) is 0 Å². The lowest BCUT2D eigenvalue weighted by Crippen LogP contribution is -2.39. The van der Waals surface area contributed by atoms with E-state index in [1.165, 1.54) is 11.1 Å². The van der Waals surface area contributed by atoms with Crippen LogP contribution in [-0.2, 0) is 22.6 Å². The van der Waals surface area contributed by atoms with Gasteiger partial charge in [-0.1, -0.05) is 24.3 Å². The van der Waals surface area contributed by atoms with Gasteiger partial charge in [-0.25, -0.2) is 0 Å². The zero-order valence-corrected chi connectivity index (χ0v) is 17.8. The Kier molecular flexibility index (Phi) is 8.72. The summed E-state index contributed by atoms with van der Waals surface area (Å²) >= 11 is 10.7. The highest BCUT2D eigenvalue weighted by Crippen LogP contribution is 2.11. The zero-order chi connectivity index (χ0) is 19.6. The molecule has 2 atom stereocenters. The van der Waals surface area contributed by atoms with E-state index in [9.17, 15) is 0 Å². The van der Waals surface area contributed by atoms with Crippen LogP contribution >= 0.6 is 24.4 Å². The van der Waals surface area contributed by atoms with Crippen molar-refractivity contribution in [3.8, 4) is 0 Å². The van der Waals surface area contributed by atoms with Crippen LogP contribution in [0.1, 0.15) is 36.8 Å². The van der Waals surface area contributed by atoms with Crippen LogP contribution < -0.4 is 21.3 Å². The number of rotatable bonds is 8. The van der Waals surface area contributed by atoms with Crippen molar-refractivity contribution in [1.29, 1.82) is 0 Å². The summed E-state index contributed by atoms with van der Waals surface area (Å²) in [5.74, 6) is 0. The lowest BCUT2D eigenvalue weighted by Gasteiger charge is -2.15. The Morgan fingerprint density at radius 3 is 1.54 bits per heavy atom. The summed E-state index contributed by atoms with van der Waals surface area (Å²) in [4.78, 5) is 0. The molecule has 0 saturated carbocycles. The highest BCUT2D eigenvalue weighted by molar-refractivity contribution is 7.80. The van der Waals surface area contributed by atoms with E-state index in [0.717, 1.165) is 52.0 Å². The molecule has 0 aliphatic carbocycles. The minimum absolute atomic E-state index is 0.290. The van der Waals surface area contributed by atoms with Gasteiger partial charge in [0.1, 0.15) is 0 Å². The largest absolute Gasteiger partial charge is 0.376 e. The van der Waals surface area contributed by atoms with Crippen molar-refractivity contribution in [2.24, 2.45) is 0 Å². The molecule has 1 aromatic rings. The third-order valence-corrected chi connectivity index (χ3v) is 5.54. The first-order valence-electron chi connectivity index (χ1n) is 10.0. The fraction of sp³-hybridized carbons (Fsp3) is 0.600. The monoisotopic (exact) mass is 422 g/mol. The van der Waals surface area contributed by atoms with Crippen LogP contribution in [0.3, 0.4) is 0 Å². The number of thiocarbonyl (C=S) groups is 2. The van der Waals surface area contributed by atoms with Gasteiger partial charge in [0.25, 0.3) is 0 Å². The molecule has 0 amide bonds. The molecule has 0 unspecified atom stereocenters. The zero-order valence-electron chi connectivity index (χ0n) is 16.2. The molecule has 8 heteroatoms. The molecule has 28 heavy (non-hydrogen) atoms. The second-order valence-electron chi connectivity index (χ2n) is 7.21. The summed E-state index contributed by atoms with van der Waals surface area (Å²) in [6.45, 7) is 4.68. The standard InChI is InChI=1S/C20H30N4O2S2/c27-19(23-13-17-3-1-9-25-17)21-11-15-5-7-16(8-6-15)12-22-20(28)24-14-18-4-2-10-26-18/h5-8,17-18H,1-4,9-14H2,(H2,21,23,27)(H2,22,24,28)/t17-,18-/m0/s1. The second-order valence-corrected chi connectivity index (χ2v) is 8.03. The Bertz CT molecular complexity index is 575. The van der Waals surface area contributed by atoms with Crippen molar-refractivity contribution in [3.63, 3.8) is 0 Å². The van der Waals surface area contributed by atoms with Gasteiger partial charge in [0.15, 0.2) is 10.2 Å². The Balaban J connectivity index is 1.29. The summed E-state index contributed by atoms with van der Waals surface area (Å²) in [6, 6.07) is 8.43. The predicted octanol–water partition coefficient (Wildman–Crippen LogP) is 1.97. The minimum atomic E-state index is 0.290. The highest BCUT2D eigenvalue weighted by Gasteiger charge is 2.16. The Morgan fingerprint density at radius 2 is 1.18 bits per heavy atom. The quantitative estimate of drug-likeness (QED) is 0.474. The molecule has 0 aromatic heterocycles. The Hall–Kier alpha value is -1.48. The molecular formula is C20H30N4O2S2. The average molecular weight is 423 g/mol. The summed E-state index contributed by atoms with van der Waals surface area (Å²) in [5.41, 5.74) is 2.37. The van der Waals surface area contributed by atoms with Gasteiger partial charge in [-0.15, -0.1) is 0 Å². The summed E-state index contributed by atoms with van der Waals surface area (Å²) in [5, 5.41) is 14.3. The summed E-state index contributed by atoms with van der Waals surface area (Å²) in [7, 11) is 0. The van der Waals surface area contributed by atoms with E-state index < -0.39 is 0 Å². The van der Waals surface area contributed by atoms with Crippen LogP contribution in [-0.4, -0.2) is 48.7 Å². The molecule has 2 heterocycles. The third-order valence-electron chi connectivity index (χ3n) is 4.96. The van der Waals surface area contributed by atoms with E-state index in [4.69, 9.17) is 33.9 Å². The molecule has 3 rings (SSSR count). The molecule has 2 aliphatic rings. The topological polar surface area (TPSA) is 66.6 Å². The van der Waals surface area contributed by atoms with Gasteiger partial charge < -0.3 is 30.7 Å². The molecule has 154 valence electrons. The van der Waals surface area contributed by atoms with E-state index >= 15 is 0 Å². The molecular weight excluding hydrogens is 392 g/mol. The second kappa shape index (κ2) is 11.5. The first kappa shape index (κ1) is 21.2. The Morgan fingerprint density at radius 1 is 0.750 bits per heavy atom. The van der Waals surface area contributed by atoms with Gasteiger partial charge in [-0.05, 0) is 61.2 Å². The highest BCUT2D eigenvalue weighted by atomic mass is 32.1. The first-order chi connectivity index (χ1) is 13.7. The summed E-state index contributed by atoms with van der Waals surface area (Å²) < 4.78 is 11.2. The maximum Gasteiger partial charge on any atom is 0.166 e. The lowest BCUT2D eigenvalue weighted by molar-refractivity contribution is 0.114. The summed E-state index contributed by atoms with van der Waals surface area (Å²) in [6.07, 6.45) is 5.08. The van der Waals surface area contributed by atoms with Gasteiger partial charge >= 0.3 is 0 Å². The lowest BCUT2D eigenvalue weighted by atomic mass is 10.1. The van der Waals surface area contributed by atoms with Crippen molar-refractivity contribution < 1.29 is 9.47 Å². The van der Waals surface area contributed by atoms with Crippen LogP contribution in [0.4, 0.5) is 0 Å². The maximum atomic E-state index is 5.58. The van der Waals surface area contributed by atoms with Crippen molar-refractivity contribution >= 4 is 34.7 Å². The first-order valence-corrected chi connectivity index (χ1v) is 10.8. The van der Waals surface area contributed by atoms with Gasteiger partial charge in [-0.3, -0.25) is 0 Å². The molecule has 2 saturated heterocycles. The average Bonchev–Trinajstić information content (AvgIpc) is 3.42. The Labute approximate surface area is 178 Å². The normalized spacial score (nSPS) is 21.3. The number of nitrogens with one attached hydrogen (secondary N) is 4. The predicted molar refractivity (Wildman–Crippen MR) is 119 cm³/mol. The van der Waals surface area contributed by atoms with E-state index in [2.05, 4.69) is 45.5 Å². The van der Waals surface area contributed by atoms with Crippen LogP contribution in [0.2, 0.25) is 0 Å². The minimum Gasteiger partial charge on any atom is -0.376 e. The molecule has 6 nitrogen and oxygen atoms in total. The molecule has 2 fully saturated rings. The molecule has 0 radical (unpaired) electrons. The van der Waals surface area contributed by atoms with Crippen LogP contribution in [0.5, 0.6) is 0 Å². The van der Waals surface area contributed by atoms with E-state index in [-0.39, 0.29) is 12.2 Å². The van der Waals surface area contributed by atoms with Crippen molar-refractivity contribution in [2.75, 3.05) is 26.3 Å². The van der Waals surface area contributed by atoms with Crippen molar-refractivity contribution in [3.05, 3.63) is 35.4 Å². The number of hydrogen-bond donors (Lipinski definition) is 4. The van der Waals surface area contributed by atoms with Gasteiger partial charge in [0, 0.05) is 39.4 Å². The smallest absolute Gasteiger partial charge is 0.166 e. The van der Waals surface area contributed by atoms with Crippen LogP contribution in [0.15, 0.2) is 24.3 Å². The molecule has 2 aliphatic heterocycles. The maximum absolute atomic E-state index is 5.58. The fourth-order valence-corrected chi connectivity index (χ4v) is 3.60. The van der Waals surface area contributed by atoms with E-state index in [0.29, 0.717) is 23.3 Å². The van der Waals surface area contributed by atoms with Gasteiger partial charge in [0.2, 0.25) is 0 Å². The number of benzene rings is 1. The fourth-order valence-electron chi connectivity index (χ4n) is 3.29.